The first-order chi connectivity index (χ1) is 3.72. The summed E-state index contributed by atoms with van der Waals surface area (Å²) in [6.45, 7) is 3.69. The molecule has 0 fully saturated rings. The summed E-state index contributed by atoms with van der Waals surface area (Å²) in [7, 11) is 0. The van der Waals surface area contributed by atoms with Crippen LogP contribution in [0.5, 0.6) is 0 Å². The topological polar surface area (TPSA) is 20.2 Å². The van der Waals surface area contributed by atoms with E-state index in [2.05, 4.69) is 5.92 Å². The molecule has 0 rings (SSSR count). The van der Waals surface area contributed by atoms with Gasteiger partial charge in [-0.2, -0.15) is 0 Å². The molecule has 8 heavy (non-hydrogen) atoms. The van der Waals surface area contributed by atoms with Crippen molar-refractivity contribution in [3.63, 3.8) is 0 Å². The van der Waals surface area contributed by atoms with Crippen molar-refractivity contribution < 1.29 is 5.11 Å². The molecule has 0 saturated heterocycles. The zero-order valence-corrected chi connectivity index (χ0v) is 5.23. The predicted molar refractivity (Wildman–Crippen MR) is 34.3 cm³/mol. The van der Waals surface area contributed by atoms with E-state index < -0.39 is 0 Å². The van der Waals surface area contributed by atoms with E-state index in [4.69, 9.17) is 11.5 Å². The number of hydrogen-bond acceptors (Lipinski definition) is 1. The zero-order chi connectivity index (χ0) is 6.57. The Morgan fingerprint density at radius 2 is 2.12 bits per heavy atom. The summed E-state index contributed by atoms with van der Waals surface area (Å²) in [5.41, 5.74) is 1.69. The molecule has 1 N–H and O–H groups in total. The van der Waals surface area contributed by atoms with Gasteiger partial charge in [-0.3, -0.25) is 0 Å². The van der Waals surface area contributed by atoms with Crippen LogP contribution in [0.25, 0.3) is 0 Å². The van der Waals surface area contributed by atoms with E-state index in [1.54, 1.807) is 0 Å². The fourth-order valence-corrected chi connectivity index (χ4v) is 0.242. The molecule has 0 atom stereocenters. The lowest BCUT2D eigenvalue weighted by Gasteiger charge is -1.93. The van der Waals surface area contributed by atoms with Gasteiger partial charge in [-0.05, 0) is 25.0 Å². The molecule has 0 amide bonds. The molecule has 0 aliphatic carbocycles. The van der Waals surface area contributed by atoms with E-state index in [1.165, 1.54) is 0 Å². The molecule has 0 radical (unpaired) electrons. The molecule has 0 aromatic carbocycles. The van der Waals surface area contributed by atoms with Gasteiger partial charge in [-0.25, -0.2) is 0 Å². The molecular formula is C7H10O. The second kappa shape index (κ2) is 3.29. The van der Waals surface area contributed by atoms with Gasteiger partial charge in [0.2, 0.25) is 0 Å². The highest BCUT2D eigenvalue weighted by Crippen LogP contribution is 1.98. The monoisotopic (exact) mass is 110 g/mol. The lowest BCUT2D eigenvalue weighted by Crippen LogP contribution is -1.86. The van der Waals surface area contributed by atoms with Crippen LogP contribution in [0, 0.1) is 12.3 Å². The molecule has 0 aromatic heterocycles. The Bertz CT molecular complexity index is 137. The van der Waals surface area contributed by atoms with Gasteiger partial charge in [-0.15, -0.1) is 6.42 Å². The van der Waals surface area contributed by atoms with Crippen molar-refractivity contribution in [3.05, 3.63) is 11.1 Å². The third kappa shape index (κ3) is 1.81. The number of allylic oxidation sites excluding steroid dienone is 1. The second-order valence-electron chi connectivity index (χ2n) is 1.71. The first-order valence-corrected chi connectivity index (χ1v) is 2.46. The lowest BCUT2D eigenvalue weighted by molar-refractivity contribution is 0.330. The van der Waals surface area contributed by atoms with E-state index in [0.29, 0.717) is 0 Å². The fourth-order valence-electron chi connectivity index (χ4n) is 0.242. The van der Waals surface area contributed by atoms with E-state index in [9.17, 15) is 0 Å². The van der Waals surface area contributed by atoms with Gasteiger partial charge in [0.25, 0.3) is 0 Å². The van der Waals surface area contributed by atoms with Crippen LogP contribution in [0.1, 0.15) is 13.8 Å². The van der Waals surface area contributed by atoms with Crippen molar-refractivity contribution in [2.24, 2.45) is 0 Å². The zero-order valence-electron chi connectivity index (χ0n) is 5.23. The average molecular weight is 110 g/mol. The van der Waals surface area contributed by atoms with Crippen molar-refractivity contribution in [3.8, 4) is 12.3 Å². The molecule has 1 heteroatoms. The summed E-state index contributed by atoms with van der Waals surface area (Å²) in [5.74, 6) is 2.44. The number of aliphatic hydroxyl groups is 1. The van der Waals surface area contributed by atoms with E-state index >= 15 is 0 Å². The first kappa shape index (κ1) is 7.26. The number of hydrogen-bond donors (Lipinski definition) is 1. The molecule has 0 heterocycles. The lowest BCUT2D eigenvalue weighted by atomic mass is 10.2. The van der Waals surface area contributed by atoms with E-state index in [0.717, 1.165) is 11.1 Å². The molecule has 0 saturated carbocycles. The SMILES string of the molecule is C#C/C(C)=C(\C)CO. The Morgan fingerprint density at radius 3 is 2.25 bits per heavy atom. The van der Waals surface area contributed by atoms with Crippen LogP contribution in [-0.2, 0) is 0 Å². The Hall–Kier alpha value is -0.740. The van der Waals surface area contributed by atoms with Crippen LogP contribution in [0.15, 0.2) is 11.1 Å². The highest BCUT2D eigenvalue weighted by atomic mass is 16.3. The Labute approximate surface area is 50.0 Å². The number of aliphatic hydroxyl groups excluding tert-OH is 1. The highest BCUT2D eigenvalue weighted by Gasteiger charge is 1.87. The van der Waals surface area contributed by atoms with Crippen LogP contribution < -0.4 is 0 Å². The summed E-state index contributed by atoms with van der Waals surface area (Å²) >= 11 is 0. The average Bonchev–Trinajstić information content (AvgIpc) is 1.84. The summed E-state index contributed by atoms with van der Waals surface area (Å²) in [4.78, 5) is 0. The van der Waals surface area contributed by atoms with E-state index in [-0.39, 0.29) is 6.61 Å². The van der Waals surface area contributed by atoms with Crippen molar-refractivity contribution in [2.45, 2.75) is 13.8 Å². The maximum absolute atomic E-state index is 8.48. The minimum atomic E-state index is 0.0655. The first-order valence-electron chi connectivity index (χ1n) is 2.46. The molecule has 0 bridgehead atoms. The van der Waals surface area contributed by atoms with Gasteiger partial charge >= 0.3 is 0 Å². The fraction of sp³-hybridized carbons (Fsp3) is 0.429. The third-order valence-electron chi connectivity index (χ3n) is 1.09. The summed E-state index contributed by atoms with van der Waals surface area (Å²) in [5, 5.41) is 8.48. The standard InChI is InChI=1S/C7H10O/c1-4-6(2)7(3)5-8/h1,8H,5H2,2-3H3/b7-6+. The second-order valence-corrected chi connectivity index (χ2v) is 1.71. The Kier molecular flexibility index (Phi) is 2.98. The maximum atomic E-state index is 8.48. The number of terminal acetylenes is 1. The molecular weight excluding hydrogens is 100 g/mol. The van der Waals surface area contributed by atoms with Crippen LogP contribution in [-0.4, -0.2) is 11.7 Å². The van der Waals surface area contributed by atoms with Gasteiger partial charge < -0.3 is 5.11 Å². The molecule has 44 valence electrons. The van der Waals surface area contributed by atoms with Crippen molar-refractivity contribution >= 4 is 0 Å². The Morgan fingerprint density at radius 1 is 1.62 bits per heavy atom. The minimum Gasteiger partial charge on any atom is -0.392 e. The highest BCUT2D eigenvalue weighted by molar-refractivity contribution is 5.27. The van der Waals surface area contributed by atoms with Gasteiger partial charge in [0.05, 0.1) is 6.61 Å². The smallest absolute Gasteiger partial charge is 0.0650 e. The largest absolute Gasteiger partial charge is 0.392 e. The van der Waals surface area contributed by atoms with Gasteiger partial charge in [-0.1, -0.05) is 5.92 Å². The van der Waals surface area contributed by atoms with Gasteiger partial charge in [0.1, 0.15) is 0 Å². The maximum Gasteiger partial charge on any atom is 0.0650 e. The van der Waals surface area contributed by atoms with Crippen LogP contribution in [0.3, 0.4) is 0 Å². The quantitative estimate of drug-likeness (QED) is 0.498. The molecule has 0 aliphatic heterocycles. The Balaban J connectivity index is 4.10. The molecule has 1 nitrogen and oxygen atoms in total. The summed E-state index contributed by atoms with van der Waals surface area (Å²) < 4.78 is 0. The summed E-state index contributed by atoms with van der Waals surface area (Å²) in [6.07, 6.45) is 5.03. The molecule has 0 unspecified atom stereocenters. The van der Waals surface area contributed by atoms with Crippen LogP contribution in [0.4, 0.5) is 0 Å². The number of rotatable bonds is 1. The van der Waals surface area contributed by atoms with Gasteiger partial charge in [0, 0.05) is 0 Å². The van der Waals surface area contributed by atoms with Crippen LogP contribution >= 0.6 is 0 Å². The van der Waals surface area contributed by atoms with Crippen molar-refractivity contribution in [1.82, 2.24) is 0 Å². The molecule has 0 spiro atoms. The normalized spacial score (nSPS) is 12.2. The summed E-state index contributed by atoms with van der Waals surface area (Å²) in [6, 6.07) is 0. The molecule has 0 aliphatic rings. The van der Waals surface area contributed by atoms with Crippen LogP contribution in [0.2, 0.25) is 0 Å². The molecule has 0 aromatic rings. The minimum absolute atomic E-state index is 0.0655. The van der Waals surface area contributed by atoms with Gasteiger partial charge in [0.15, 0.2) is 0 Å². The van der Waals surface area contributed by atoms with Crippen molar-refractivity contribution in [1.29, 1.82) is 0 Å². The predicted octanol–water partition coefficient (Wildman–Crippen LogP) is 0.948. The third-order valence-corrected chi connectivity index (χ3v) is 1.09. The van der Waals surface area contributed by atoms with E-state index in [1.807, 2.05) is 13.8 Å². The van der Waals surface area contributed by atoms with Crippen molar-refractivity contribution in [2.75, 3.05) is 6.61 Å².